The Balaban J connectivity index is 1.87. The number of rotatable bonds is 1. The van der Waals surface area contributed by atoms with E-state index in [4.69, 9.17) is 5.73 Å². The number of nitrogens with zero attached hydrogens (tertiary/aromatic N) is 3. The highest BCUT2D eigenvalue weighted by Crippen LogP contribution is 2.39. The Kier molecular flexibility index (Phi) is 2.33. The summed E-state index contributed by atoms with van der Waals surface area (Å²) in [6.45, 7) is 2.30. The lowest BCUT2D eigenvalue weighted by molar-refractivity contribution is 0.293. The van der Waals surface area contributed by atoms with E-state index in [2.05, 4.69) is 14.5 Å². The Morgan fingerprint density at radius 3 is 3.00 bits per heavy atom. The maximum atomic E-state index is 13.8. The molecule has 0 bridgehead atoms. The van der Waals surface area contributed by atoms with E-state index in [1.807, 2.05) is 6.07 Å². The molecule has 5 heteroatoms. The zero-order valence-electron chi connectivity index (χ0n) is 10.7. The number of imidazole rings is 1. The Morgan fingerprint density at radius 1 is 1.21 bits per heavy atom. The molecule has 0 saturated carbocycles. The fraction of sp³-hybridized carbons (Fsp3) is 0.500. The molecule has 19 heavy (non-hydrogen) atoms. The van der Waals surface area contributed by atoms with Gasteiger partial charge in [-0.25, -0.2) is 9.37 Å². The van der Waals surface area contributed by atoms with Crippen LogP contribution in [0.1, 0.15) is 25.3 Å². The van der Waals surface area contributed by atoms with Crippen LogP contribution in [0, 0.1) is 5.82 Å². The van der Waals surface area contributed by atoms with Crippen LogP contribution in [0.4, 0.5) is 10.3 Å². The lowest BCUT2D eigenvalue weighted by atomic mass is 10.1. The molecule has 2 unspecified atom stereocenters. The van der Waals surface area contributed by atoms with Crippen molar-refractivity contribution < 1.29 is 4.39 Å². The molecule has 0 aliphatic carbocycles. The molecule has 0 amide bonds. The third-order valence-electron chi connectivity index (χ3n) is 4.60. The second kappa shape index (κ2) is 3.93. The summed E-state index contributed by atoms with van der Waals surface area (Å²) in [6, 6.07) is 5.98. The molecule has 0 spiro atoms. The number of nitrogen functional groups attached to an aromatic ring is 1. The average Bonchev–Trinajstić information content (AvgIpc) is 3.03. The fourth-order valence-corrected chi connectivity index (χ4v) is 3.81. The summed E-state index contributed by atoms with van der Waals surface area (Å²) in [7, 11) is 0. The first kappa shape index (κ1) is 11.2. The van der Waals surface area contributed by atoms with Crippen LogP contribution in [-0.2, 0) is 0 Å². The average molecular weight is 260 g/mol. The molecule has 2 atom stereocenters. The predicted octanol–water partition coefficient (Wildman–Crippen LogP) is 2.17. The highest BCUT2D eigenvalue weighted by molar-refractivity contribution is 5.79. The molecule has 1 aromatic heterocycles. The number of hydrogen-bond donors (Lipinski definition) is 1. The first-order valence-corrected chi connectivity index (χ1v) is 6.91. The lowest BCUT2D eigenvalue weighted by Crippen LogP contribution is -2.28. The second-order valence-corrected chi connectivity index (χ2v) is 5.55. The minimum Gasteiger partial charge on any atom is -0.369 e. The topological polar surface area (TPSA) is 47.1 Å². The number of halogens is 1. The quantitative estimate of drug-likeness (QED) is 0.854. The van der Waals surface area contributed by atoms with E-state index in [9.17, 15) is 4.39 Å². The van der Waals surface area contributed by atoms with Gasteiger partial charge >= 0.3 is 0 Å². The van der Waals surface area contributed by atoms with Crippen molar-refractivity contribution in [2.75, 3.05) is 18.8 Å². The van der Waals surface area contributed by atoms with Gasteiger partial charge in [0.05, 0.1) is 11.6 Å². The first-order chi connectivity index (χ1) is 9.25. The van der Waals surface area contributed by atoms with Gasteiger partial charge in [-0.2, -0.15) is 0 Å². The monoisotopic (exact) mass is 260 g/mol. The van der Waals surface area contributed by atoms with E-state index in [0.29, 0.717) is 23.5 Å². The molecule has 0 radical (unpaired) electrons. The van der Waals surface area contributed by atoms with Crippen LogP contribution >= 0.6 is 0 Å². The molecule has 4 rings (SSSR count). The van der Waals surface area contributed by atoms with E-state index >= 15 is 0 Å². The van der Waals surface area contributed by atoms with Gasteiger partial charge < -0.3 is 10.3 Å². The van der Waals surface area contributed by atoms with Gasteiger partial charge in [0.2, 0.25) is 5.95 Å². The van der Waals surface area contributed by atoms with E-state index in [1.54, 1.807) is 6.07 Å². The molecule has 4 nitrogen and oxygen atoms in total. The minimum absolute atomic E-state index is 0.288. The van der Waals surface area contributed by atoms with Gasteiger partial charge in [0.15, 0.2) is 5.82 Å². The van der Waals surface area contributed by atoms with E-state index in [-0.39, 0.29) is 5.82 Å². The standard InChI is InChI=1S/C14H17FN4/c15-9-3-1-4-12-13(9)17-14(16)19(12)11-6-8-18-7-2-5-10(11)18/h1,3-4,10-11H,2,5-8H2,(H2,16,17). The van der Waals surface area contributed by atoms with E-state index < -0.39 is 0 Å². The van der Waals surface area contributed by atoms with Crippen molar-refractivity contribution in [1.82, 2.24) is 14.5 Å². The van der Waals surface area contributed by atoms with Crippen molar-refractivity contribution in [3.8, 4) is 0 Å². The van der Waals surface area contributed by atoms with Crippen LogP contribution in [0.5, 0.6) is 0 Å². The maximum absolute atomic E-state index is 13.8. The van der Waals surface area contributed by atoms with Crippen LogP contribution in [0.25, 0.3) is 11.0 Å². The summed E-state index contributed by atoms with van der Waals surface area (Å²) in [4.78, 5) is 6.74. The van der Waals surface area contributed by atoms with Crippen molar-refractivity contribution >= 4 is 17.0 Å². The Morgan fingerprint density at radius 2 is 2.11 bits per heavy atom. The van der Waals surface area contributed by atoms with Crippen molar-refractivity contribution in [3.05, 3.63) is 24.0 Å². The SMILES string of the molecule is Nc1nc2c(F)cccc2n1C1CCN2CCCC12. The molecule has 2 N–H and O–H groups in total. The number of para-hydroxylation sites is 1. The van der Waals surface area contributed by atoms with Crippen LogP contribution in [0.3, 0.4) is 0 Å². The molecule has 3 heterocycles. The highest BCUT2D eigenvalue weighted by Gasteiger charge is 2.39. The van der Waals surface area contributed by atoms with Gasteiger partial charge in [-0.1, -0.05) is 6.07 Å². The molecule has 2 fully saturated rings. The molecular weight excluding hydrogens is 243 g/mol. The normalized spacial score (nSPS) is 27.2. The van der Waals surface area contributed by atoms with Crippen molar-refractivity contribution in [3.63, 3.8) is 0 Å². The molecule has 100 valence electrons. The molecule has 2 aliphatic heterocycles. The van der Waals surface area contributed by atoms with Gasteiger partial charge in [-0.05, 0) is 37.9 Å². The summed E-state index contributed by atoms with van der Waals surface area (Å²) >= 11 is 0. The number of anilines is 1. The van der Waals surface area contributed by atoms with Crippen molar-refractivity contribution in [2.45, 2.75) is 31.3 Å². The summed E-state index contributed by atoms with van der Waals surface area (Å²) in [5.74, 6) is 0.156. The fourth-order valence-electron chi connectivity index (χ4n) is 3.81. The Bertz CT molecular complexity index is 636. The van der Waals surface area contributed by atoms with E-state index in [1.165, 1.54) is 25.5 Å². The summed E-state index contributed by atoms with van der Waals surface area (Å²) in [5.41, 5.74) is 7.28. The number of hydrogen-bond acceptors (Lipinski definition) is 3. The Labute approximate surface area is 111 Å². The van der Waals surface area contributed by atoms with Crippen LogP contribution in [-0.4, -0.2) is 33.6 Å². The summed E-state index contributed by atoms with van der Waals surface area (Å²) < 4.78 is 15.8. The van der Waals surface area contributed by atoms with Crippen LogP contribution in [0.2, 0.25) is 0 Å². The van der Waals surface area contributed by atoms with Crippen LogP contribution < -0.4 is 5.73 Å². The smallest absolute Gasteiger partial charge is 0.201 e. The number of benzene rings is 1. The van der Waals surface area contributed by atoms with Gasteiger partial charge in [0.1, 0.15) is 5.52 Å². The zero-order chi connectivity index (χ0) is 13.0. The summed E-state index contributed by atoms with van der Waals surface area (Å²) in [6.07, 6.45) is 3.54. The molecule has 2 saturated heterocycles. The van der Waals surface area contributed by atoms with Gasteiger partial charge in [0.25, 0.3) is 0 Å². The third kappa shape index (κ3) is 1.51. The highest BCUT2D eigenvalue weighted by atomic mass is 19.1. The molecular formula is C14H17FN4. The Hall–Kier alpha value is -1.62. The number of nitrogens with two attached hydrogens (primary N) is 1. The van der Waals surface area contributed by atoms with Gasteiger partial charge in [0, 0.05) is 12.6 Å². The number of fused-ring (bicyclic) bond motifs is 2. The van der Waals surface area contributed by atoms with Crippen molar-refractivity contribution in [1.29, 1.82) is 0 Å². The van der Waals surface area contributed by atoms with Gasteiger partial charge in [-0.15, -0.1) is 0 Å². The largest absolute Gasteiger partial charge is 0.369 e. The second-order valence-electron chi connectivity index (χ2n) is 5.55. The lowest BCUT2D eigenvalue weighted by Gasteiger charge is -2.22. The van der Waals surface area contributed by atoms with Gasteiger partial charge in [-0.3, -0.25) is 4.90 Å². The maximum Gasteiger partial charge on any atom is 0.201 e. The van der Waals surface area contributed by atoms with E-state index in [0.717, 1.165) is 18.5 Å². The predicted molar refractivity (Wildman–Crippen MR) is 72.4 cm³/mol. The molecule has 2 aromatic rings. The third-order valence-corrected chi connectivity index (χ3v) is 4.60. The minimum atomic E-state index is -0.288. The first-order valence-electron chi connectivity index (χ1n) is 6.91. The molecule has 1 aromatic carbocycles. The number of aromatic nitrogens is 2. The zero-order valence-corrected chi connectivity index (χ0v) is 10.7. The van der Waals surface area contributed by atoms with Crippen LogP contribution in [0.15, 0.2) is 18.2 Å². The van der Waals surface area contributed by atoms with Crippen molar-refractivity contribution in [2.24, 2.45) is 0 Å². The molecule has 2 aliphatic rings. The summed E-state index contributed by atoms with van der Waals surface area (Å²) in [5, 5.41) is 0.